The van der Waals surface area contributed by atoms with Gasteiger partial charge in [0.15, 0.2) is 0 Å². The molecular formula is C28H29IN6. The molecule has 0 amide bonds. The third-order valence-electron chi connectivity index (χ3n) is 6.84. The maximum atomic E-state index is 4.74. The number of aromatic amines is 1. The van der Waals surface area contributed by atoms with Crippen LogP contribution in [0, 0.1) is 0 Å². The largest absolute Gasteiger partial charge is 0.338 e. The number of H-pyrrole nitrogens is 1. The number of nitrogens with one attached hydrogen (secondary N) is 1. The first-order valence-electron chi connectivity index (χ1n) is 12.4. The fraction of sp³-hybridized carbons (Fsp3) is 0.321. The fourth-order valence-corrected chi connectivity index (χ4v) is 5.43. The number of hydrogen-bond donors (Lipinski definition) is 1. The molecule has 1 atom stereocenters. The molecule has 0 saturated carbocycles. The second-order valence-corrected chi connectivity index (χ2v) is 11.8. The summed E-state index contributed by atoms with van der Waals surface area (Å²) in [6.45, 7) is 6.56. The van der Waals surface area contributed by atoms with E-state index in [0.29, 0.717) is 3.92 Å². The summed E-state index contributed by atoms with van der Waals surface area (Å²) in [7, 11) is 0. The smallest absolute Gasteiger partial charge is 0.138 e. The van der Waals surface area contributed by atoms with E-state index in [4.69, 9.17) is 4.98 Å². The van der Waals surface area contributed by atoms with Crippen molar-refractivity contribution >= 4 is 44.5 Å². The lowest BCUT2D eigenvalue weighted by atomic mass is 10.0. The van der Waals surface area contributed by atoms with Crippen molar-refractivity contribution in [2.24, 2.45) is 0 Å². The summed E-state index contributed by atoms with van der Waals surface area (Å²) in [4.78, 5) is 15.4. The molecule has 6 rings (SSSR count). The van der Waals surface area contributed by atoms with Crippen molar-refractivity contribution in [2.75, 3.05) is 13.1 Å². The van der Waals surface area contributed by atoms with Crippen LogP contribution in [0.4, 0.5) is 0 Å². The van der Waals surface area contributed by atoms with Crippen molar-refractivity contribution < 1.29 is 0 Å². The molecule has 1 fully saturated rings. The Morgan fingerprint density at radius 3 is 2.54 bits per heavy atom. The third kappa shape index (κ3) is 4.84. The van der Waals surface area contributed by atoms with Crippen molar-refractivity contribution in [3.63, 3.8) is 0 Å². The van der Waals surface area contributed by atoms with E-state index in [-0.39, 0.29) is 0 Å². The summed E-state index contributed by atoms with van der Waals surface area (Å²) >= 11 is 2.42. The highest BCUT2D eigenvalue weighted by Gasteiger charge is 2.13. The molecule has 1 aliphatic heterocycles. The molecular weight excluding hydrogens is 547 g/mol. The van der Waals surface area contributed by atoms with Crippen molar-refractivity contribution in [1.82, 2.24) is 29.6 Å². The first kappa shape index (κ1) is 22.7. The number of piperidine rings is 1. The molecule has 178 valence electrons. The number of rotatable bonds is 6. The lowest BCUT2D eigenvalue weighted by Gasteiger charge is -2.26. The van der Waals surface area contributed by atoms with E-state index in [2.05, 4.69) is 92.1 Å². The third-order valence-corrected chi connectivity index (χ3v) is 7.24. The van der Waals surface area contributed by atoms with E-state index >= 15 is 0 Å². The van der Waals surface area contributed by atoms with Crippen LogP contribution in [0.1, 0.15) is 31.7 Å². The van der Waals surface area contributed by atoms with Crippen molar-refractivity contribution in [3.8, 4) is 22.4 Å². The highest BCUT2D eigenvalue weighted by molar-refractivity contribution is 14.1. The predicted octanol–water partition coefficient (Wildman–Crippen LogP) is 6.45. The van der Waals surface area contributed by atoms with E-state index in [9.17, 15) is 0 Å². The van der Waals surface area contributed by atoms with Crippen LogP contribution in [0.15, 0.2) is 61.2 Å². The minimum Gasteiger partial charge on any atom is -0.338 e. The van der Waals surface area contributed by atoms with E-state index in [1.807, 2.05) is 23.3 Å². The maximum Gasteiger partial charge on any atom is 0.138 e. The highest BCUT2D eigenvalue weighted by atomic mass is 127. The molecule has 0 bridgehead atoms. The van der Waals surface area contributed by atoms with E-state index in [1.165, 1.54) is 43.5 Å². The van der Waals surface area contributed by atoms with Gasteiger partial charge in [-0.05, 0) is 49.2 Å². The average molecular weight is 576 g/mol. The summed E-state index contributed by atoms with van der Waals surface area (Å²) in [6, 6.07) is 13.4. The Bertz CT molecular complexity index is 1460. The Kier molecular flexibility index (Phi) is 6.28. The predicted molar refractivity (Wildman–Crippen MR) is 151 cm³/mol. The van der Waals surface area contributed by atoms with Crippen molar-refractivity contribution in [3.05, 3.63) is 66.7 Å². The number of benzene rings is 1. The number of aromatic nitrogens is 5. The Morgan fingerprint density at radius 1 is 0.914 bits per heavy atom. The van der Waals surface area contributed by atoms with Crippen molar-refractivity contribution in [2.45, 2.75) is 43.2 Å². The number of halogens is 1. The Balaban J connectivity index is 1.30. The van der Waals surface area contributed by atoms with Gasteiger partial charge in [0.1, 0.15) is 5.65 Å². The molecule has 0 spiro atoms. The van der Waals surface area contributed by atoms with Crippen LogP contribution in [-0.4, -0.2) is 46.6 Å². The summed E-state index contributed by atoms with van der Waals surface area (Å²) in [5, 5.41) is 6.76. The molecule has 1 aliphatic rings. The standard InChI is InChI=1S/C28H29IN6/c1-19(29)16-35-18-23(14-32-35)26-12-24-25-11-22(13-31-28(25)33-27(24)15-30-26)21-7-5-20(6-8-21)17-34-9-3-2-4-10-34/h5-8,11-15,18-19H,2-4,9-10,16-17H2,1H3,(H,31,33). The minimum atomic E-state index is 0.521. The van der Waals surface area contributed by atoms with Gasteiger partial charge >= 0.3 is 0 Å². The van der Waals surface area contributed by atoms with Gasteiger partial charge in [-0.3, -0.25) is 14.6 Å². The first-order chi connectivity index (χ1) is 17.1. The quantitative estimate of drug-likeness (QED) is 0.187. The van der Waals surface area contributed by atoms with Crippen LogP contribution >= 0.6 is 22.6 Å². The van der Waals surface area contributed by atoms with Gasteiger partial charge < -0.3 is 4.98 Å². The van der Waals surface area contributed by atoms with Gasteiger partial charge in [-0.2, -0.15) is 5.10 Å². The lowest BCUT2D eigenvalue weighted by Crippen LogP contribution is -2.28. The normalized spacial score (nSPS) is 15.7. The molecule has 0 aliphatic carbocycles. The van der Waals surface area contributed by atoms with Crippen LogP contribution in [0.2, 0.25) is 0 Å². The summed E-state index contributed by atoms with van der Waals surface area (Å²) in [5.74, 6) is 0. The van der Waals surface area contributed by atoms with Gasteiger partial charge in [-0.25, -0.2) is 4.98 Å². The molecule has 1 saturated heterocycles. The maximum absolute atomic E-state index is 4.74. The molecule has 5 aromatic rings. The molecule has 6 nitrogen and oxygen atoms in total. The van der Waals surface area contributed by atoms with Crippen LogP contribution in [-0.2, 0) is 13.1 Å². The van der Waals surface area contributed by atoms with Crippen LogP contribution in [0.3, 0.4) is 0 Å². The van der Waals surface area contributed by atoms with Crippen molar-refractivity contribution in [1.29, 1.82) is 0 Å². The fourth-order valence-electron chi connectivity index (χ4n) is 5.02. The summed E-state index contributed by atoms with van der Waals surface area (Å²) in [6.07, 6.45) is 11.9. The number of likely N-dealkylation sites (tertiary alicyclic amines) is 1. The molecule has 5 heterocycles. The SMILES string of the molecule is CC(I)Cn1cc(-c2cc3c(cn2)[nH]c2ncc(-c4ccc(CN5CCCCC5)cc4)cc23)cn1. The zero-order chi connectivity index (χ0) is 23.8. The topological polar surface area (TPSA) is 62.6 Å². The van der Waals surface area contributed by atoms with E-state index in [0.717, 1.165) is 51.8 Å². The zero-order valence-electron chi connectivity index (χ0n) is 19.9. The van der Waals surface area contributed by atoms with Crippen LogP contribution in [0.5, 0.6) is 0 Å². The second-order valence-electron chi connectivity index (χ2n) is 9.63. The monoisotopic (exact) mass is 576 g/mol. The number of hydrogen-bond acceptors (Lipinski definition) is 4. The number of pyridine rings is 2. The Labute approximate surface area is 218 Å². The lowest BCUT2D eigenvalue weighted by molar-refractivity contribution is 0.221. The number of nitrogens with zero attached hydrogens (tertiary/aromatic N) is 5. The summed E-state index contributed by atoms with van der Waals surface area (Å²) < 4.78 is 2.51. The zero-order valence-corrected chi connectivity index (χ0v) is 22.1. The molecule has 7 heteroatoms. The molecule has 4 aromatic heterocycles. The van der Waals surface area contributed by atoms with Crippen LogP contribution in [0.25, 0.3) is 44.3 Å². The summed E-state index contributed by atoms with van der Waals surface area (Å²) in [5.41, 5.74) is 7.55. The minimum absolute atomic E-state index is 0.521. The van der Waals surface area contributed by atoms with Crippen LogP contribution < -0.4 is 0 Å². The van der Waals surface area contributed by atoms with Gasteiger partial charge in [0, 0.05) is 44.8 Å². The number of fused-ring (bicyclic) bond motifs is 3. The van der Waals surface area contributed by atoms with E-state index in [1.54, 1.807) is 0 Å². The highest BCUT2D eigenvalue weighted by Crippen LogP contribution is 2.31. The number of alkyl halides is 1. The van der Waals surface area contributed by atoms with Gasteiger partial charge in [-0.1, -0.05) is 60.2 Å². The molecule has 1 N–H and O–H groups in total. The Morgan fingerprint density at radius 2 is 1.74 bits per heavy atom. The molecule has 35 heavy (non-hydrogen) atoms. The van der Waals surface area contributed by atoms with Gasteiger partial charge in [0.2, 0.25) is 0 Å². The average Bonchev–Trinajstić information content (AvgIpc) is 3.48. The van der Waals surface area contributed by atoms with Gasteiger partial charge in [0.05, 0.1) is 30.1 Å². The van der Waals surface area contributed by atoms with Gasteiger partial charge in [-0.15, -0.1) is 0 Å². The molecule has 1 unspecified atom stereocenters. The first-order valence-corrected chi connectivity index (χ1v) is 13.6. The Hall–Kier alpha value is -2.78. The molecule has 1 aromatic carbocycles. The van der Waals surface area contributed by atoms with Gasteiger partial charge in [0.25, 0.3) is 0 Å². The van der Waals surface area contributed by atoms with E-state index < -0.39 is 0 Å². The second kappa shape index (κ2) is 9.70. The molecule has 0 radical (unpaired) electrons.